The lowest BCUT2D eigenvalue weighted by Gasteiger charge is -2.04. The molecule has 0 atom stereocenters. The summed E-state index contributed by atoms with van der Waals surface area (Å²) in [5, 5.41) is 3.12. The predicted molar refractivity (Wildman–Crippen MR) is 60.4 cm³/mol. The number of halogens is 1. The van der Waals surface area contributed by atoms with Crippen LogP contribution in [0.1, 0.15) is 0 Å². The van der Waals surface area contributed by atoms with Crippen LogP contribution in [0.4, 0.5) is 5.95 Å². The molecule has 15 heavy (non-hydrogen) atoms. The van der Waals surface area contributed by atoms with Crippen LogP contribution in [0.25, 0.3) is 0 Å². The molecule has 0 saturated carbocycles. The van der Waals surface area contributed by atoms with Gasteiger partial charge in [-0.1, -0.05) is 0 Å². The van der Waals surface area contributed by atoms with E-state index in [1.165, 1.54) is 0 Å². The van der Waals surface area contributed by atoms with Crippen LogP contribution in [-0.2, 0) is 6.54 Å². The zero-order valence-electron chi connectivity index (χ0n) is 7.97. The van der Waals surface area contributed by atoms with Gasteiger partial charge in [0.05, 0.1) is 10.8 Å². The molecule has 6 heteroatoms. The summed E-state index contributed by atoms with van der Waals surface area (Å²) in [6, 6.07) is 0. The Balaban J connectivity index is 1.81. The smallest absolute Gasteiger partial charge is 0.222 e. The molecule has 0 aromatic carbocycles. The molecule has 0 unspecified atom stereocenters. The lowest BCUT2D eigenvalue weighted by molar-refractivity contribution is 0.723. The monoisotopic (exact) mass is 267 g/mol. The van der Waals surface area contributed by atoms with Crippen LogP contribution in [0.5, 0.6) is 0 Å². The van der Waals surface area contributed by atoms with Crippen molar-refractivity contribution >= 4 is 21.9 Å². The molecule has 5 nitrogen and oxygen atoms in total. The number of imidazole rings is 1. The molecule has 2 rings (SSSR count). The van der Waals surface area contributed by atoms with Gasteiger partial charge in [0.15, 0.2) is 0 Å². The van der Waals surface area contributed by atoms with Crippen molar-refractivity contribution in [3.63, 3.8) is 0 Å². The third-order valence-electron chi connectivity index (χ3n) is 1.83. The Bertz CT molecular complexity index is 397. The molecule has 0 aliphatic heterocycles. The van der Waals surface area contributed by atoms with E-state index in [0.29, 0.717) is 5.95 Å². The molecule has 0 aliphatic carbocycles. The standard InChI is InChI=1S/C9H10BrN5/c10-8-5-13-9(14-6-8)12-2-4-15-3-1-11-7-15/h1,3,5-7H,2,4H2,(H,12,13,14). The van der Waals surface area contributed by atoms with E-state index in [9.17, 15) is 0 Å². The first-order chi connectivity index (χ1) is 7.34. The minimum atomic E-state index is 0.637. The minimum absolute atomic E-state index is 0.637. The highest BCUT2D eigenvalue weighted by Crippen LogP contribution is 2.06. The summed E-state index contributed by atoms with van der Waals surface area (Å²) in [6.45, 7) is 1.62. The molecule has 1 N–H and O–H groups in total. The highest BCUT2D eigenvalue weighted by Gasteiger charge is 1.94. The fraction of sp³-hybridized carbons (Fsp3) is 0.222. The van der Waals surface area contributed by atoms with Gasteiger partial charge in [-0.05, 0) is 15.9 Å². The van der Waals surface area contributed by atoms with Gasteiger partial charge in [0.2, 0.25) is 5.95 Å². The Morgan fingerprint density at radius 1 is 1.33 bits per heavy atom. The average Bonchev–Trinajstić information content (AvgIpc) is 2.74. The Morgan fingerprint density at radius 2 is 2.13 bits per heavy atom. The van der Waals surface area contributed by atoms with Crippen molar-refractivity contribution < 1.29 is 0 Å². The van der Waals surface area contributed by atoms with Crippen molar-refractivity contribution in [3.05, 3.63) is 35.6 Å². The van der Waals surface area contributed by atoms with Crippen LogP contribution >= 0.6 is 15.9 Å². The van der Waals surface area contributed by atoms with Crippen LogP contribution in [0, 0.1) is 0 Å². The van der Waals surface area contributed by atoms with E-state index in [-0.39, 0.29) is 0 Å². The van der Waals surface area contributed by atoms with Gasteiger partial charge in [0.1, 0.15) is 0 Å². The molecule has 2 aromatic rings. The first-order valence-corrected chi connectivity index (χ1v) is 5.31. The maximum Gasteiger partial charge on any atom is 0.222 e. The van der Waals surface area contributed by atoms with Crippen molar-refractivity contribution in [1.82, 2.24) is 19.5 Å². The number of nitrogens with zero attached hydrogens (tertiary/aromatic N) is 4. The summed E-state index contributed by atoms with van der Waals surface area (Å²) in [7, 11) is 0. The number of hydrogen-bond acceptors (Lipinski definition) is 4. The van der Waals surface area contributed by atoms with Gasteiger partial charge in [0, 0.05) is 37.9 Å². The van der Waals surface area contributed by atoms with Gasteiger partial charge in [-0.15, -0.1) is 0 Å². The Kier molecular flexibility index (Phi) is 3.29. The lowest BCUT2D eigenvalue weighted by atomic mass is 10.6. The highest BCUT2D eigenvalue weighted by atomic mass is 79.9. The van der Waals surface area contributed by atoms with E-state index in [0.717, 1.165) is 17.6 Å². The number of hydrogen-bond donors (Lipinski definition) is 1. The summed E-state index contributed by atoms with van der Waals surface area (Å²) in [4.78, 5) is 12.2. The SMILES string of the molecule is Brc1cnc(NCCn2ccnc2)nc1. The van der Waals surface area contributed by atoms with Crippen LogP contribution < -0.4 is 5.32 Å². The molecular weight excluding hydrogens is 258 g/mol. The topological polar surface area (TPSA) is 55.6 Å². The van der Waals surface area contributed by atoms with E-state index in [1.54, 1.807) is 24.9 Å². The minimum Gasteiger partial charge on any atom is -0.352 e. The van der Waals surface area contributed by atoms with Crippen molar-refractivity contribution in [2.45, 2.75) is 6.54 Å². The summed E-state index contributed by atoms with van der Waals surface area (Å²) in [5.41, 5.74) is 0. The van der Waals surface area contributed by atoms with Gasteiger partial charge < -0.3 is 9.88 Å². The van der Waals surface area contributed by atoms with Crippen molar-refractivity contribution in [2.24, 2.45) is 0 Å². The first-order valence-electron chi connectivity index (χ1n) is 4.52. The summed E-state index contributed by atoms with van der Waals surface area (Å²) in [5.74, 6) is 0.637. The molecular formula is C9H10BrN5. The lowest BCUT2D eigenvalue weighted by Crippen LogP contribution is -2.11. The van der Waals surface area contributed by atoms with Crippen molar-refractivity contribution in [1.29, 1.82) is 0 Å². The zero-order valence-corrected chi connectivity index (χ0v) is 9.55. The van der Waals surface area contributed by atoms with E-state index >= 15 is 0 Å². The van der Waals surface area contributed by atoms with E-state index in [1.807, 2.05) is 10.8 Å². The summed E-state index contributed by atoms with van der Waals surface area (Å²) >= 11 is 3.28. The van der Waals surface area contributed by atoms with Gasteiger partial charge in [0.25, 0.3) is 0 Å². The fourth-order valence-corrected chi connectivity index (χ4v) is 1.32. The fourth-order valence-electron chi connectivity index (χ4n) is 1.12. The second-order valence-corrected chi connectivity index (χ2v) is 3.87. The van der Waals surface area contributed by atoms with Crippen molar-refractivity contribution in [2.75, 3.05) is 11.9 Å². The zero-order chi connectivity index (χ0) is 10.5. The molecule has 2 heterocycles. The van der Waals surface area contributed by atoms with Crippen molar-refractivity contribution in [3.8, 4) is 0 Å². The normalized spacial score (nSPS) is 10.2. The number of nitrogens with one attached hydrogen (secondary N) is 1. The van der Waals surface area contributed by atoms with Gasteiger partial charge in [-0.2, -0.15) is 0 Å². The molecule has 0 saturated heterocycles. The van der Waals surface area contributed by atoms with Crippen LogP contribution in [0.3, 0.4) is 0 Å². The molecule has 0 aliphatic rings. The molecule has 0 amide bonds. The summed E-state index contributed by atoms with van der Waals surface area (Å²) in [6.07, 6.45) is 8.89. The van der Waals surface area contributed by atoms with Gasteiger partial charge >= 0.3 is 0 Å². The van der Waals surface area contributed by atoms with Crippen LogP contribution in [-0.4, -0.2) is 26.1 Å². The van der Waals surface area contributed by atoms with Crippen LogP contribution in [0.15, 0.2) is 35.6 Å². The predicted octanol–water partition coefficient (Wildman–Crippen LogP) is 1.55. The van der Waals surface area contributed by atoms with Crippen LogP contribution in [0.2, 0.25) is 0 Å². The van der Waals surface area contributed by atoms with Gasteiger partial charge in [-0.3, -0.25) is 0 Å². The van der Waals surface area contributed by atoms with E-state index in [2.05, 4.69) is 36.2 Å². The molecule has 0 spiro atoms. The Morgan fingerprint density at radius 3 is 2.80 bits per heavy atom. The molecule has 78 valence electrons. The Hall–Kier alpha value is -1.43. The number of rotatable bonds is 4. The average molecular weight is 268 g/mol. The molecule has 0 radical (unpaired) electrons. The second-order valence-electron chi connectivity index (χ2n) is 2.95. The van der Waals surface area contributed by atoms with Gasteiger partial charge in [-0.25, -0.2) is 15.0 Å². The maximum absolute atomic E-state index is 4.10. The number of aromatic nitrogens is 4. The van der Waals surface area contributed by atoms with E-state index in [4.69, 9.17) is 0 Å². The third kappa shape index (κ3) is 3.02. The molecule has 0 fully saturated rings. The Labute approximate surface area is 95.7 Å². The largest absolute Gasteiger partial charge is 0.352 e. The maximum atomic E-state index is 4.10. The first kappa shape index (κ1) is 10.1. The molecule has 2 aromatic heterocycles. The van der Waals surface area contributed by atoms with E-state index < -0.39 is 0 Å². The second kappa shape index (κ2) is 4.88. The highest BCUT2D eigenvalue weighted by molar-refractivity contribution is 9.10. The molecule has 0 bridgehead atoms. The summed E-state index contributed by atoms with van der Waals surface area (Å²) < 4.78 is 2.87. The quantitative estimate of drug-likeness (QED) is 0.914. The third-order valence-corrected chi connectivity index (χ3v) is 2.24. The number of anilines is 1.